The van der Waals surface area contributed by atoms with Crippen LogP contribution in [-0.4, -0.2) is 35.0 Å². The van der Waals surface area contributed by atoms with Gasteiger partial charge in [-0.25, -0.2) is 4.79 Å². The van der Waals surface area contributed by atoms with E-state index in [0.29, 0.717) is 12.3 Å². The molecule has 1 fully saturated rings. The first-order valence-corrected chi connectivity index (χ1v) is 8.33. The van der Waals surface area contributed by atoms with Gasteiger partial charge < -0.3 is 20.6 Å². The summed E-state index contributed by atoms with van der Waals surface area (Å²) in [6, 6.07) is 6.12. The van der Waals surface area contributed by atoms with Crippen molar-refractivity contribution in [1.82, 2.24) is 20.6 Å². The molecule has 1 saturated heterocycles. The van der Waals surface area contributed by atoms with E-state index in [0.717, 1.165) is 48.9 Å². The van der Waals surface area contributed by atoms with Crippen LogP contribution in [0.25, 0.3) is 11.0 Å². The highest BCUT2D eigenvalue weighted by Crippen LogP contribution is 2.14. The van der Waals surface area contributed by atoms with Crippen LogP contribution < -0.4 is 16.3 Å². The first-order valence-electron chi connectivity index (χ1n) is 8.33. The molecule has 0 bridgehead atoms. The van der Waals surface area contributed by atoms with Gasteiger partial charge >= 0.3 is 5.69 Å². The molecule has 0 spiro atoms. The van der Waals surface area contributed by atoms with Crippen LogP contribution in [0, 0.1) is 5.92 Å². The SMILES string of the molecule is CC1CCNCC1NC(=O)CCCc1ccc2[nH]c(=O)[nH]c2c1. The molecule has 2 unspecified atom stereocenters. The van der Waals surface area contributed by atoms with E-state index in [1.807, 2.05) is 18.2 Å². The van der Waals surface area contributed by atoms with Gasteiger partial charge in [-0.2, -0.15) is 0 Å². The predicted molar refractivity (Wildman–Crippen MR) is 90.4 cm³/mol. The molecule has 2 atom stereocenters. The van der Waals surface area contributed by atoms with E-state index in [4.69, 9.17) is 0 Å². The van der Waals surface area contributed by atoms with Crippen molar-refractivity contribution < 1.29 is 4.79 Å². The summed E-state index contributed by atoms with van der Waals surface area (Å²) in [6.07, 6.45) is 3.28. The molecule has 1 aromatic heterocycles. The molecule has 23 heavy (non-hydrogen) atoms. The topological polar surface area (TPSA) is 89.8 Å². The number of amides is 1. The second-order valence-corrected chi connectivity index (χ2v) is 6.46. The largest absolute Gasteiger partial charge is 0.352 e. The number of aryl methyl sites for hydroxylation is 1. The Labute approximate surface area is 135 Å². The van der Waals surface area contributed by atoms with Gasteiger partial charge in [0.1, 0.15) is 0 Å². The van der Waals surface area contributed by atoms with Gasteiger partial charge in [0.25, 0.3) is 0 Å². The fourth-order valence-electron chi connectivity index (χ4n) is 3.15. The van der Waals surface area contributed by atoms with Crippen molar-refractivity contribution in [2.45, 2.75) is 38.6 Å². The molecule has 2 heterocycles. The normalized spacial score (nSPS) is 21.4. The van der Waals surface area contributed by atoms with Crippen LogP contribution in [0.2, 0.25) is 0 Å². The molecule has 1 aliphatic rings. The number of piperidine rings is 1. The lowest BCUT2D eigenvalue weighted by atomic mass is 9.94. The highest BCUT2D eigenvalue weighted by atomic mass is 16.1. The molecule has 124 valence electrons. The van der Waals surface area contributed by atoms with Crippen molar-refractivity contribution in [3.05, 3.63) is 34.2 Å². The molecular formula is C17H24N4O2. The van der Waals surface area contributed by atoms with E-state index in [1.165, 1.54) is 0 Å². The Bertz CT molecular complexity index is 734. The highest BCUT2D eigenvalue weighted by molar-refractivity contribution is 5.76. The van der Waals surface area contributed by atoms with Crippen molar-refractivity contribution in [2.75, 3.05) is 13.1 Å². The lowest BCUT2D eigenvalue weighted by Gasteiger charge is -2.30. The zero-order valence-corrected chi connectivity index (χ0v) is 13.4. The molecule has 0 aliphatic carbocycles. The number of carbonyl (C=O) groups excluding carboxylic acids is 1. The Hall–Kier alpha value is -2.08. The molecule has 6 nitrogen and oxygen atoms in total. The van der Waals surface area contributed by atoms with Crippen LogP contribution in [0.15, 0.2) is 23.0 Å². The maximum Gasteiger partial charge on any atom is 0.323 e. The maximum absolute atomic E-state index is 12.1. The molecule has 1 aliphatic heterocycles. The second-order valence-electron chi connectivity index (χ2n) is 6.46. The number of nitrogens with one attached hydrogen (secondary N) is 4. The zero-order chi connectivity index (χ0) is 16.2. The summed E-state index contributed by atoms with van der Waals surface area (Å²) in [5.41, 5.74) is 2.58. The Morgan fingerprint density at radius 3 is 2.96 bits per heavy atom. The van der Waals surface area contributed by atoms with Crippen LogP contribution in [0.3, 0.4) is 0 Å². The summed E-state index contributed by atoms with van der Waals surface area (Å²) < 4.78 is 0. The smallest absolute Gasteiger partial charge is 0.323 e. The number of aromatic amines is 2. The average Bonchev–Trinajstić information content (AvgIpc) is 2.89. The number of aromatic nitrogens is 2. The lowest BCUT2D eigenvalue weighted by molar-refractivity contribution is -0.122. The van der Waals surface area contributed by atoms with E-state index in [1.54, 1.807) is 0 Å². The van der Waals surface area contributed by atoms with E-state index < -0.39 is 0 Å². The Balaban J connectivity index is 1.47. The Morgan fingerprint density at radius 2 is 2.13 bits per heavy atom. The van der Waals surface area contributed by atoms with Crippen molar-refractivity contribution in [3.8, 4) is 0 Å². The van der Waals surface area contributed by atoms with Gasteiger partial charge in [0.05, 0.1) is 11.0 Å². The van der Waals surface area contributed by atoms with Crippen LogP contribution >= 0.6 is 0 Å². The van der Waals surface area contributed by atoms with Gasteiger partial charge in [0, 0.05) is 19.0 Å². The van der Waals surface area contributed by atoms with Gasteiger partial charge in [-0.3, -0.25) is 4.79 Å². The Kier molecular flexibility index (Phi) is 4.81. The van der Waals surface area contributed by atoms with Gasteiger partial charge in [0.2, 0.25) is 5.91 Å². The van der Waals surface area contributed by atoms with Crippen LogP contribution in [-0.2, 0) is 11.2 Å². The quantitative estimate of drug-likeness (QED) is 0.670. The monoisotopic (exact) mass is 316 g/mol. The highest BCUT2D eigenvalue weighted by Gasteiger charge is 2.22. The number of benzene rings is 1. The molecule has 1 aromatic carbocycles. The average molecular weight is 316 g/mol. The number of rotatable bonds is 5. The predicted octanol–water partition coefficient (Wildman–Crippen LogP) is 1.29. The molecule has 6 heteroatoms. The molecule has 0 radical (unpaired) electrons. The zero-order valence-electron chi connectivity index (χ0n) is 13.4. The molecule has 3 rings (SSSR count). The fourth-order valence-corrected chi connectivity index (χ4v) is 3.15. The van der Waals surface area contributed by atoms with Gasteiger partial charge in [-0.05, 0) is 49.4 Å². The molecular weight excluding hydrogens is 292 g/mol. The summed E-state index contributed by atoms with van der Waals surface area (Å²) in [7, 11) is 0. The Morgan fingerprint density at radius 1 is 1.30 bits per heavy atom. The standard InChI is InChI=1S/C17H24N4O2/c1-11-7-8-18-10-15(11)19-16(22)4-2-3-12-5-6-13-14(9-12)21-17(23)20-13/h5-6,9,11,15,18H,2-4,7-8,10H2,1H3,(H,19,22)(H2,20,21,23). The van der Waals surface area contributed by atoms with E-state index >= 15 is 0 Å². The van der Waals surface area contributed by atoms with Crippen LogP contribution in [0.5, 0.6) is 0 Å². The van der Waals surface area contributed by atoms with Crippen molar-refractivity contribution in [2.24, 2.45) is 5.92 Å². The molecule has 2 aromatic rings. The number of hydrogen-bond acceptors (Lipinski definition) is 3. The summed E-state index contributed by atoms with van der Waals surface area (Å²) in [5.74, 6) is 0.662. The van der Waals surface area contributed by atoms with Gasteiger partial charge in [-0.15, -0.1) is 0 Å². The minimum atomic E-state index is -0.188. The third-order valence-electron chi connectivity index (χ3n) is 4.62. The molecule has 0 saturated carbocycles. The second kappa shape index (κ2) is 7.00. The molecule has 1 amide bonds. The van der Waals surface area contributed by atoms with Crippen molar-refractivity contribution in [3.63, 3.8) is 0 Å². The summed E-state index contributed by atoms with van der Waals surface area (Å²) >= 11 is 0. The number of hydrogen-bond donors (Lipinski definition) is 4. The van der Waals surface area contributed by atoms with Gasteiger partial charge in [-0.1, -0.05) is 13.0 Å². The third-order valence-corrected chi connectivity index (χ3v) is 4.62. The first-order chi connectivity index (χ1) is 11.1. The fraction of sp³-hybridized carbons (Fsp3) is 0.529. The minimum Gasteiger partial charge on any atom is -0.352 e. The molecule has 4 N–H and O–H groups in total. The third kappa shape index (κ3) is 4.01. The summed E-state index contributed by atoms with van der Waals surface area (Å²) in [5, 5.41) is 6.46. The maximum atomic E-state index is 12.1. The van der Waals surface area contributed by atoms with Gasteiger partial charge in [0.15, 0.2) is 0 Å². The first kappa shape index (κ1) is 15.8. The van der Waals surface area contributed by atoms with Crippen LogP contribution in [0.1, 0.15) is 31.7 Å². The number of carbonyl (C=O) groups is 1. The number of imidazole rings is 1. The minimum absolute atomic E-state index is 0.127. The van der Waals surface area contributed by atoms with E-state index in [2.05, 4.69) is 27.5 Å². The number of fused-ring (bicyclic) bond motifs is 1. The lowest BCUT2D eigenvalue weighted by Crippen LogP contribution is -2.50. The number of H-pyrrole nitrogens is 2. The summed E-state index contributed by atoms with van der Waals surface area (Å²) in [6.45, 7) is 4.10. The van der Waals surface area contributed by atoms with E-state index in [-0.39, 0.29) is 17.6 Å². The van der Waals surface area contributed by atoms with Crippen molar-refractivity contribution in [1.29, 1.82) is 0 Å². The van der Waals surface area contributed by atoms with E-state index in [9.17, 15) is 9.59 Å². The van der Waals surface area contributed by atoms with Crippen LogP contribution in [0.4, 0.5) is 0 Å². The van der Waals surface area contributed by atoms with Crippen molar-refractivity contribution >= 4 is 16.9 Å². The summed E-state index contributed by atoms with van der Waals surface area (Å²) in [4.78, 5) is 28.8.